The van der Waals surface area contributed by atoms with Crippen molar-refractivity contribution >= 4 is 18.4 Å². The molecule has 2 aromatic rings. The molecule has 2 aromatic carbocycles. The van der Waals surface area contributed by atoms with E-state index in [0.717, 1.165) is 11.6 Å². The van der Waals surface area contributed by atoms with Gasteiger partial charge in [-0.1, -0.05) is 97.4 Å². The van der Waals surface area contributed by atoms with E-state index in [1.807, 2.05) is 0 Å². The van der Waals surface area contributed by atoms with Gasteiger partial charge in [-0.25, -0.2) is 0 Å². The number of aliphatic hydroxyl groups is 1. The van der Waals surface area contributed by atoms with E-state index in [-0.39, 0.29) is 11.6 Å². The van der Waals surface area contributed by atoms with E-state index in [4.69, 9.17) is 0 Å². The normalized spacial score (nSPS) is 12.2. The second-order valence-electron chi connectivity index (χ2n) is 7.29. The predicted octanol–water partition coefficient (Wildman–Crippen LogP) is 3.99. The molecule has 0 unspecified atom stereocenters. The zero-order valence-electron chi connectivity index (χ0n) is 14.5. The zero-order valence-corrected chi connectivity index (χ0v) is 15.5. The van der Waals surface area contributed by atoms with Crippen LogP contribution in [0.25, 0.3) is 0 Å². The predicted molar refractivity (Wildman–Crippen MR) is 103 cm³/mol. The highest BCUT2D eigenvalue weighted by Crippen LogP contribution is 2.40. The highest BCUT2D eigenvalue weighted by atomic mass is 28.3. The summed E-state index contributed by atoms with van der Waals surface area (Å²) in [5, 5.41) is 12.4. The van der Waals surface area contributed by atoms with Gasteiger partial charge in [-0.2, -0.15) is 0 Å². The molecule has 1 N–H and O–H groups in total. The second kappa shape index (κ2) is 7.29. The number of hydrogen-bond donors (Lipinski definition) is 1. The summed E-state index contributed by atoms with van der Waals surface area (Å²) >= 11 is 0. The molecule has 0 aromatic heterocycles. The van der Waals surface area contributed by atoms with E-state index in [0.29, 0.717) is 6.42 Å². The summed E-state index contributed by atoms with van der Waals surface area (Å²) < 4.78 is 0. The topological polar surface area (TPSA) is 20.2 Å². The van der Waals surface area contributed by atoms with Crippen molar-refractivity contribution in [1.82, 2.24) is 0 Å². The molecule has 0 amide bonds. The fraction of sp³-hybridized carbons (Fsp3) is 0.333. The standard InChI is InChI=1S/C21H28OSi/c1-18(15-16-22)17-23(21(2,3)4,19-11-7-5-8-12-19)20-13-9-6-10-14-20/h5-14,22H,1,15-17H2,2-4H3. The zero-order chi connectivity index (χ0) is 16.9. The molecule has 0 fully saturated rings. The van der Waals surface area contributed by atoms with Gasteiger partial charge in [-0.15, -0.1) is 6.58 Å². The van der Waals surface area contributed by atoms with Gasteiger partial charge in [0.2, 0.25) is 0 Å². The molecular weight excluding hydrogens is 296 g/mol. The second-order valence-corrected chi connectivity index (χ2v) is 12.1. The van der Waals surface area contributed by atoms with Gasteiger partial charge in [0.05, 0.1) is 0 Å². The van der Waals surface area contributed by atoms with Gasteiger partial charge in [0.25, 0.3) is 0 Å². The largest absolute Gasteiger partial charge is 0.396 e. The van der Waals surface area contributed by atoms with Crippen LogP contribution in [0.1, 0.15) is 27.2 Å². The minimum atomic E-state index is -2.06. The van der Waals surface area contributed by atoms with Crippen LogP contribution in [0.3, 0.4) is 0 Å². The van der Waals surface area contributed by atoms with Crippen LogP contribution in [0.2, 0.25) is 11.1 Å². The van der Waals surface area contributed by atoms with E-state index in [2.05, 4.69) is 88.0 Å². The minimum absolute atomic E-state index is 0.147. The maximum atomic E-state index is 9.33. The van der Waals surface area contributed by atoms with Crippen molar-refractivity contribution in [3.8, 4) is 0 Å². The van der Waals surface area contributed by atoms with Gasteiger partial charge in [-0.05, 0) is 17.5 Å². The van der Waals surface area contributed by atoms with Crippen LogP contribution in [-0.2, 0) is 0 Å². The van der Waals surface area contributed by atoms with Crippen LogP contribution in [0, 0.1) is 0 Å². The summed E-state index contributed by atoms with van der Waals surface area (Å²) in [5.74, 6) is 0. The van der Waals surface area contributed by atoms with Crippen molar-refractivity contribution in [3.05, 3.63) is 72.8 Å². The molecule has 0 aliphatic rings. The lowest BCUT2D eigenvalue weighted by molar-refractivity contribution is 0.299. The van der Waals surface area contributed by atoms with Gasteiger partial charge in [0.1, 0.15) is 8.07 Å². The molecule has 0 aliphatic heterocycles. The maximum absolute atomic E-state index is 9.33. The summed E-state index contributed by atoms with van der Waals surface area (Å²) in [5.41, 5.74) is 1.15. The summed E-state index contributed by atoms with van der Waals surface area (Å²) in [6.07, 6.45) is 0.685. The fourth-order valence-electron chi connectivity index (χ4n) is 3.57. The van der Waals surface area contributed by atoms with Gasteiger partial charge >= 0.3 is 0 Å². The van der Waals surface area contributed by atoms with E-state index in [1.54, 1.807) is 0 Å². The molecule has 2 heteroatoms. The molecule has 0 saturated heterocycles. The lowest BCUT2D eigenvalue weighted by Crippen LogP contribution is -2.64. The fourth-order valence-corrected chi connectivity index (χ4v) is 9.02. The molecule has 0 aliphatic carbocycles. The van der Waals surface area contributed by atoms with Crippen LogP contribution >= 0.6 is 0 Å². The molecule has 0 radical (unpaired) electrons. The van der Waals surface area contributed by atoms with Crippen LogP contribution in [-0.4, -0.2) is 19.8 Å². The quantitative estimate of drug-likeness (QED) is 0.629. The van der Waals surface area contributed by atoms with Crippen molar-refractivity contribution in [2.75, 3.05) is 6.61 Å². The molecule has 2 rings (SSSR count). The van der Waals surface area contributed by atoms with Crippen molar-refractivity contribution in [2.45, 2.75) is 38.3 Å². The molecule has 23 heavy (non-hydrogen) atoms. The van der Waals surface area contributed by atoms with Crippen LogP contribution in [0.5, 0.6) is 0 Å². The molecule has 1 nitrogen and oxygen atoms in total. The average Bonchev–Trinajstić information content (AvgIpc) is 2.53. The summed E-state index contributed by atoms with van der Waals surface area (Å²) in [6, 6.07) is 22.8. The SMILES string of the molecule is C=C(CCO)C[Si](c1ccccc1)(c1ccccc1)C(C)(C)C. The summed E-state index contributed by atoms with van der Waals surface area (Å²) in [4.78, 5) is 0. The number of hydrogen-bond acceptors (Lipinski definition) is 1. The monoisotopic (exact) mass is 324 g/mol. The Bertz CT molecular complexity index is 586. The average molecular weight is 325 g/mol. The first-order valence-electron chi connectivity index (χ1n) is 8.30. The van der Waals surface area contributed by atoms with E-state index in [1.165, 1.54) is 10.4 Å². The van der Waals surface area contributed by atoms with Crippen molar-refractivity contribution < 1.29 is 5.11 Å². The summed E-state index contributed by atoms with van der Waals surface area (Å²) in [6.45, 7) is 11.5. The highest BCUT2D eigenvalue weighted by molar-refractivity contribution is 7.04. The third-order valence-corrected chi connectivity index (χ3v) is 11.0. The van der Waals surface area contributed by atoms with Gasteiger partial charge < -0.3 is 5.11 Å². The molecular formula is C21H28OSi. The summed E-state index contributed by atoms with van der Waals surface area (Å²) in [7, 11) is -2.06. The Labute approximate surface area is 141 Å². The smallest absolute Gasteiger partial charge is 0.127 e. The Morgan fingerprint density at radius 3 is 1.70 bits per heavy atom. The van der Waals surface area contributed by atoms with Crippen molar-refractivity contribution in [2.24, 2.45) is 0 Å². The number of rotatable bonds is 6. The van der Waals surface area contributed by atoms with Crippen LogP contribution < -0.4 is 10.4 Å². The Morgan fingerprint density at radius 1 is 0.913 bits per heavy atom. The maximum Gasteiger partial charge on any atom is 0.127 e. The van der Waals surface area contributed by atoms with E-state index < -0.39 is 8.07 Å². The first-order valence-corrected chi connectivity index (χ1v) is 10.5. The lowest BCUT2D eigenvalue weighted by atomic mass is 10.2. The molecule has 0 spiro atoms. The first kappa shape index (κ1) is 17.7. The highest BCUT2D eigenvalue weighted by Gasteiger charge is 2.47. The third-order valence-electron chi connectivity index (χ3n) is 4.79. The molecule has 0 bridgehead atoms. The van der Waals surface area contributed by atoms with E-state index in [9.17, 15) is 5.11 Å². The Morgan fingerprint density at radius 2 is 1.35 bits per heavy atom. The Hall–Kier alpha value is -1.64. The molecule has 0 atom stereocenters. The van der Waals surface area contributed by atoms with Gasteiger partial charge in [-0.3, -0.25) is 0 Å². The van der Waals surface area contributed by atoms with Crippen LogP contribution in [0.15, 0.2) is 72.8 Å². The number of benzene rings is 2. The van der Waals surface area contributed by atoms with Crippen LogP contribution in [0.4, 0.5) is 0 Å². The number of aliphatic hydroxyl groups excluding tert-OH is 1. The van der Waals surface area contributed by atoms with Gasteiger partial charge in [0.15, 0.2) is 0 Å². The Balaban J connectivity index is 2.67. The Kier molecular flexibility index (Phi) is 5.61. The van der Waals surface area contributed by atoms with Gasteiger partial charge in [0, 0.05) is 6.61 Å². The minimum Gasteiger partial charge on any atom is -0.396 e. The van der Waals surface area contributed by atoms with E-state index >= 15 is 0 Å². The first-order chi connectivity index (χ1) is 10.9. The molecule has 0 heterocycles. The van der Waals surface area contributed by atoms with Crippen molar-refractivity contribution in [1.29, 1.82) is 0 Å². The van der Waals surface area contributed by atoms with Crippen molar-refractivity contribution in [3.63, 3.8) is 0 Å². The third kappa shape index (κ3) is 3.65. The lowest BCUT2D eigenvalue weighted by Gasteiger charge is -2.45. The molecule has 0 saturated carbocycles. The molecule has 122 valence electrons.